The first-order valence-electron chi connectivity index (χ1n) is 10.8. The lowest BCUT2D eigenvalue weighted by atomic mass is 9.78. The Morgan fingerprint density at radius 3 is 2.62 bits per heavy atom. The van der Waals surface area contributed by atoms with Gasteiger partial charge in [0.2, 0.25) is 15.9 Å². The third kappa shape index (κ3) is 6.52. The molecule has 2 atom stereocenters. The number of ether oxygens (including phenoxy) is 1. The monoisotopic (exact) mass is 422 g/mol. The van der Waals surface area contributed by atoms with Crippen molar-refractivity contribution in [2.24, 2.45) is 5.92 Å². The lowest BCUT2D eigenvalue weighted by Crippen LogP contribution is -2.59. The average molecular weight is 423 g/mol. The summed E-state index contributed by atoms with van der Waals surface area (Å²) in [6.07, 6.45) is 7.32. The Hall–Kier alpha value is -1.44. The Morgan fingerprint density at radius 1 is 1.24 bits per heavy atom. The molecule has 29 heavy (non-hydrogen) atoms. The van der Waals surface area contributed by atoms with E-state index in [1.165, 1.54) is 11.8 Å². The molecule has 1 N–H and O–H groups in total. The summed E-state index contributed by atoms with van der Waals surface area (Å²) in [4.78, 5) is 14.4. The molecule has 0 radical (unpaired) electrons. The van der Waals surface area contributed by atoms with E-state index in [1.807, 2.05) is 17.9 Å². The van der Waals surface area contributed by atoms with Gasteiger partial charge in [0.25, 0.3) is 0 Å². The number of amides is 1. The van der Waals surface area contributed by atoms with E-state index >= 15 is 0 Å². The number of carbonyl (C=O) groups is 1. The van der Waals surface area contributed by atoms with Gasteiger partial charge < -0.3 is 9.64 Å². The van der Waals surface area contributed by atoms with Gasteiger partial charge in [-0.3, -0.25) is 4.79 Å². The van der Waals surface area contributed by atoms with Gasteiger partial charge in [0.05, 0.1) is 25.0 Å². The van der Waals surface area contributed by atoms with Crippen LogP contribution in [0.3, 0.4) is 0 Å². The second-order valence-corrected chi connectivity index (χ2v) is 10.3. The SMILES string of the molecule is CCCC(=O)N1CCC[C@H](NS(C)(=O)=O)[C@@H]1COC1CC(Cc2ccccc2)C1. The van der Waals surface area contributed by atoms with E-state index in [4.69, 9.17) is 4.74 Å². The van der Waals surface area contributed by atoms with Crippen molar-refractivity contribution in [3.8, 4) is 0 Å². The van der Waals surface area contributed by atoms with E-state index in [2.05, 4.69) is 29.0 Å². The Balaban J connectivity index is 1.55. The highest BCUT2D eigenvalue weighted by molar-refractivity contribution is 7.88. The molecule has 162 valence electrons. The number of carbonyl (C=O) groups excluding carboxylic acids is 1. The second-order valence-electron chi connectivity index (χ2n) is 8.53. The van der Waals surface area contributed by atoms with E-state index in [1.54, 1.807) is 0 Å². The van der Waals surface area contributed by atoms with E-state index in [-0.39, 0.29) is 24.1 Å². The van der Waals surface area contributed by atoms with Gasteiger partial charge in [-0.2, -0.15) is 0 Å². The quantitative estimate of drug-likeness (QED) is 0.664. The van der Waals surface area contributed by atoms with Gasteiger partial charge >= 0.3 is 0 Å². The predicted molar refractivity (Wildman–Crippen MR) is 114 cm³/mol. The van der Waals surface area contributed by atoms with Gasteiger partial charge in [-0.25, -0.2) is 13.1 Å². The largest absolute Gasteiger partial charge is 0.376 e. The number of piperidine rings is 1. The van der Waals surface area contributed by atoms with Gasteiger partial charge in [0.15, 0.2) is 0 Å². The van der Waals surface area contributed by atoms with Gasteiger partial charge in [-0.15, -0.1) is 0 Å². The lowest BCUT2D eigenvalue weighted by molar-refractivity contribution is -0.139. The zero-order valence-corrected chi connectivity index (χ0v) is 18.4. The molecule has 1 aliphatic carbocycles. The Morgan fingerprint density at radius 2 is 1.97 bits per heavy atom. The molecule has 3 rings (SSSR count). The minimum absolute atomic E-state index is 0.0941. The molecule has 1 aromatic carbocycles. The van der Waals surface area contributed by atoms with E-state index < -0.39 is 10.0 Å². The summed E-state index contributed by atoms with van der Waals surface area (Å²) in [7, 11) is -3.34. The summed E-state index contributed by atoms with van der Waals surface area (Å²) >= 11 is 0. The summed E-state index contributed by atoms with van der Waals surface area (Å²) < 4.78 is 32.5. The Bertz CT molecular complexity index is 762. The standard InChI is InChI=1S/C22H34N2O4S/c1-3-8-22(25)24-12-7-11-20(23-29(2,26)27)21(24)16-28-19-14-18(15-19)13-17-9-5-4-6-10-17/h4-6,9-10,18-21,23H,3,7-8,11-16H2,1-2H3/t18?,19?,20-,21-/m0/s1. The van der Waals surface area contributed by atoms with Crippen molar-refractivity contribution in [3.63, 3.8) is 0 Å². The molecule has 2 fully saturated rings. The van der Waals surface area contributed by atoms with E-state index in [0.717, 1.165) is 38.5 Å². The molecule has 0 aromatic heterocycles. The number of rotatable bonds is 9. The fourth-order valence-corrected chi connectivity index (χ4v) is 5.33. The topological polar surface area (TPSA) is 75.7 Å². The number of nitrogens with one attached hydrogen (secondary N) is 1. The molecule has 7 heteroatoms. The predicted octanol–water partition coefficient (Wildman–Crippen LogP) is 2.73. The van der Waals surface area contributed by atoms with Crippen LogP contribution in [0.5, 0.6) is 0 Å². The maximum atomic E-state index is 12.6. The van der Waals surface area contributed by atoms with Crippen molar-refractivity contribution in [1.29, 1.82) is 0 Å². The smallest absolute Gasteiger partial charge is 0.222 e. The molecule has 2 aliphatic rings. The maximum absolute atomic E-state index is 12.6. The molecule has 0 spiro atoms. The second kappa shape index (κ2) is 10.0. The zero-order chi connectivity index (χ0) is 20.9. The Kier molecular flexibility index (Phi) is 7.71. The van der Waals surface area contributed by atoms with Crippen LogP contribution in [0, 0.1) is 5.92 Å². The van der Waals surface area contributed by atoms with Crippen LogP contribution in [0.2, 0.25) is 0 Å². The van der Waals surface area contributed by atoms with Gasteiger partial charge in [-0.1, -0.05) is 37.3 Å². The normalized spacial score (nSPS) is 27.4. The number of benzene rings is 1. The fourth-order valence-electron chi connectivity index (χ4n) is 4.50. The van der Waals surface area contributed by atoms with Crippen LogP contribution in [0.15, 0.2) is 30.3 Å². The molecule has 1 aliphatic heterocycles. The van der Waals surface area contributed by atoms with Crippen LogP contribution >= 0.6 is 0 Å². The third-order valence-electron chi connectivity index (χ3n) is 5.99. The minimum atomic E-state index is -3.34. The Labute approximate surface area is 175 Å². The lowest BCUT2D eigenvalue weighted by Gasteiger charge is -2.43. The number of hydrogen-bond acceptors (Lipinski definition) is 4. The molecule has 1 saturated carbocycles. The van der Waals surface area contributed by atoms with Crippen molar-refractivity contribution in [1.82, 2.24) is 9.62 Å². The van der Waals surface area contributed by atoms with Gasteiger partial charge in [0.1, 0.15) is 0 Å². The highest BCUT2D eigenvalue weighted by Gasteiger charge is 2.37. The van der Waals surface area contributed by atoms with Crippen molar-refractivity contribution >= 4 is 15.9 Å². The first-order chi connectivity index (χ1) is 13.9. The molecule has 1 aromatic rings. The van der Waals surface area contributed by atoms with Crippen LogP contribution in [-0.2, 0) is 26.0 Å². The maximum Gasteiger partial charge on any atom is 0.222 e. The van der Waals surface area contributed by atoms with Crippen LogP contribution < -0.4 is 4.72 Å². The van der Waals surface area contributed by atoms with Crippen molar-refractivity contribution in [3.05, 3.63) is 35.9 Å². The number of nitrogens with zero attached hydrogens (tertiary/aromatic N) is 1. The van der Waals surface area contributed by atoms with Crippen LogP contribution in [0.1, 0.15) is 51.0 Å². The van der Waals surface area contributed by atoms with E-state index in [9.17, 15) is 13.2 Å². The summed E-state index contributed by atoms with van der Waals surface area (Å²) in [6, 6.07) is 9.99. The molecular formula is C22H34N2O4S. The van der Waals surface area contributed by atoms with Gasteiger partial charge in [0, 0.05) is 19.0 Å². The molecular weight excluding hydrogens is 388 g/mol. The van der Waals surface area contributed by atoms with E-state index in [0.29, 0.717) is 25.5 Å². The van der Waals surface area contributed by atoms with Crippen LogP contribution in [0.25, 0.3) is 0 Å². The minimum Gasteiger partial charge on any atom is -0.376 e. The first-order valence-corrected chi connectivity index (χ1v) is 12.7. The van der Waals surface area contributed by atoms with Crippen LogP contribution in [-0.4, -0.2) is 56.8 Å². The molecule has 0 unspecified atom stereocenters. The van der Waals surface area contributed by atoms with Gasteiger partial charge in [-0.05, 0) is 50.0 Å². The molecule has 0 bridgehead atoms. The molecule has 1 saturated heterocycles. The third-order valence-corrected chi connectivity index (χ3v) is 6.72. The van der Waals surface area contributed by atoms with Crippen LogP contribution in [0.4, 0.5) is 0 Å². The summed E-state index contributed by atoms with van der Waals surface area (Å²) in [6.45, 7) is 3.06. The van der Waals surface area contributed by atoms with Crippen molar-refractivity contribution < 1.29 is 17.9 Å². The number of likely N-dealkylation sites (tertiary alicyclic amines) is 1. The van der Waals surface area contributed by atoms with Crippen molar-refractivity contribution in [2.45, 2.75) is 70.1 Å². The highest BCUT2D eigenvalue weighted by atomic mass is 32.2. The molecule has 1 heterocycles. The summed E-state index contributed by atoms with van der Waals surface area (Å²) in [5, 5.41) is 0. The highest BCUT2D eigenvalue weighted by Crippen LogP contribution is 2.33. The first kappa shape index (κ1) is 22.2. The molecule has 6 nitrogen and oxygen atoms in total. The average Bonchev–Trinajstić information content (AvgIpc) is 2.64. The molecule has 1 amide bonds. The van der Waals surface area contributed by atoms with Crippen molar-refractivity contribution in [2.75, 3.05) is 19.4 Å². The summed E-state index contributed by atoms with van der Waals surface area (Å²) in [5.41, 5.74) is 1.36. The summed E-state index contributed by atoms with van der Waals surface area (Å²) in [5.74, 6) is 0.730. The zero-order valence-electron chi connectivity index (χ0n) is 17.5. The number of sulfonamides is 1. The number of hydrogen-bond donors (Lipinski definition) is 1. The fraction of sp³-hybridized carbons (Fsp3) is 0.682.